The molecule has 1 heterocycles. The zero-order chi connectivity index (χ0) is 11.9. The SMILES string of the molecule is COc1cc2sc(C(C)(C)N)nc2cc1F. The Morgan fingerprint density at radius 1 is 1.44 bits per heavy atom. The molecular formula is C11H13FN2OS. The van der Waals surface area contributed by atoms with E-state index < -0.39 is 11.4 Å². The van der Waals surface area contributed by atoms with Crippen LogP contribution in [0.25, 0.3) is 10.2 Å². The fourth-order valence-corrected chi connectivity index (χ4v) is 2.35. The number of rotatable bonds is 2. The van der Waals surface area contributed by atoms with E-state index in [9.17, 15) is 4.39 Å². The second-order valence-corrected chi connectivity index (χ2v) is 5.23. The second-order valence-electron chi connectivity index (χ2n) is 4.20. The number of fused-ring (bicyclic) bond motifs is 1. The predicted molar refractivity (Wildman–Crippen MR) is 63.3 cm³/mol. The average molecular weight is 240 g/mol. The molecule has 1 aromatic carbocycles. The number of benzene rings is 1. The number of methoxy groups -OCH3 is 1. The van der Waals surface area contributed by atoms with Gasteiger partial charge in [-0.2, -0.15) is 0 Å². The topological polar surface area (TPSA) is 48.1 Å². The molecular weight excluding hydrogens is 227 g/mol. The molecule has 0 aliphatic rings. The molecule has 86 valence electrons. The van der Waals surface area contributed by atoms with E-state index in [1.807, 2.05) is 13.8 Å². The van der Waals surface area contributed by atoms with E-state index in [1.54, 1.807) is 6.07 Å². The minimum absolute atomic E-state index is 0.234. The van der Waals surface area contributed by atoms with Gasteiger partial charge in [0, 0.05) is 12.1 Å². The molecule has 1 aromatic heterocycles. The summed E-state index contributed by atoms with van der Waals surface area (Å²) in [7, 11) is 1.44. The number of halogens is 1. The fraction of sp³-hybridized carbons (Fsp3) is 0.364. The normalized spacial score (nSPS) is 12.1. The first kappa shape index (κ1) is 11.3. The van der Waals surface area contributed by atoms with Gasteiger partial charge >= 0.3 is 0 Å². The van der Waals surface area contributed by atoms with Crippen molar-refractivity contribution in [1.29, 1.82) is 0 Å². The number of hydrogen-bond donors (Lipinski definition) is 1. The van der Waals surface area contributed by atoms with Crippen molar-refractivity contribution in [3.63, 3.8) is 0 Å². The van der Waals surface area contributed by atoms with Gasteiger partial charge in [-0.3, -0.25) is 0 Å². The standard InChI is InChI=1S/C11H13FN2OS/c1-11(2,13)10-14-7-4-6(12)8(15-3)5-9(7)16-10/h4-5H,13H2,1-3H3. The summed E-state index contributed by atoms with van der Waals surface area (Å²) in [6.07, 6.45) is 0. The summed E-state index contributed by atoms with van der Waals surface area (Å²) in [5, 5.41) is 0.787. The van der Waals surface area contributed by atoms with Crippen LogP contribution in [0.15, 0.2) is 12.1 Å². The van der Waals surface area contributed by atoms with E-state index in [1.165, 1.54) is 24.5 Å². The summed E-state index contributed by atoms with van der Waals surface area (Å²) in [5.74, 6) is -0.167. The molecule has 0 unspecified atom stereocenters. The Morgan fingerprint density at radius 3 is 2.69 bits per heavy atom. The number of nitrogens with zero attached hydrogens (tertiary/aromatic N) is 1. The van der Waals surface area contributed by atoms with E-state index in [-0.39, 0.29) is 5.75 Å². The van der Waals surface area contributed by atoms with Crippen LogP contribution >= 0.6 is 11.3 Å². The van der Waals surface area contributed by atoms with Crippen LogP contribution < -0.4 is 10.5 Å². The van der Waals surface area contributed by atoms with E-state index in [2.05, 4.69) is 4.98 Å². The highest BCUT2D eigenvalue weighted by atomic mass is 32.1. The van der Waals surface area contributed by atoms with Gasteiger partial charge in [0.2, 0.25) is 0 Å². The highest BCUT2D eigenvalue weighted by Gasteiger charge is 2.20. The first-order chi connectivity index (χ1) is 7.41. The summed E-state index contributed by atoms with van der Waals surface area (Å²) >= 11 is 1.46. The van der Waals surface area contributed by atoms with Gasteiger partial charge in [0.1, 0.15) is 5.01 Å². The first-order valence-corrected chi connectivity index (χ1v) is 5.67. The number of nitrogens with two attached hydrogens (primary N) is 1. The maximum Gasteiger partial charge on any atom is 0.167 e. The molecule has 0 fully saturated rings. The summed E-state index contributed by atoms with van der Waals surface area (Å²) < 4.78 is 19.2. The van der Waals surface area contributed by atoms with Crippen molar-refractivity contribution >= 4 is 21.6 Å². The minimum Gasteiger partial charge on any atom is -0.494 e. The molecule has 2 N–H and O–H groups in total. The quantitative estimate of drug-likeness (QED) is 0.877. The molecule has 0 bridgehead atoms. The second kappa shape index (κ2) is 3.68. The van der Waals surface area contributed by atoms with E-state index in [0.29, 0.717) is 5.52 Å². The molecule has 0 aliphatic heterocycles. The van der Waals surface area contributed by atoms with Crippen molar-refractivity contribution in [2.75, 3.05) is 7.11 Å². The zero-order valence-corrected chi connectivity index (χ0v) is 10.2. The summed E-state index contributed by atoms with van der Waals surface area (Å²) in [5.41, 5.74) is 6.07. The lowest BCUT2D eigenvalue weighted by Gasteiger charge is -2.13. The molecule has 0 saturated heterocycles. The van der Waals surface area contributed by atoms with Gasteiger partial charge in [-0.1, -0.05) is 0 Å². The molecule has 5 heteroatoms. The zero-order valence-electron chi connectivity index (χ0n) is 9.37. The average Bonchev–Trinajstić information content (AvgIpc) is 2.58. The van der Waals surface area contributed by atoms with Crippen LogP contribution in [0.5, 0.6) is 5.75 Å². The van der Waals surface area contributed by atoms with Gasteiger partial charge in [0.25, 0.3) is 0 Å². The van der Waals surface area contributed by atoms with Crippen molar-refractivity contribution in [3.8, 4) is 5.75 Å². The molecule has 2 aromatic rings. The van der Waals surface area contributed by atoms with Gasteiger partial charge in [0.05, 0.1) is 22.9 Å². The van der Waals surface area contributed by atoms with Gasteiger partial charge in [0.15, 0.2) is 11.6 Å². The van der Waals surface area contributed by atoms with Crippen LogP contribution in [-0.4, -0.2) is 12.1 Å². The van der Waals surface area contributed by atoms with Crippen molar-refractivity contribution < 1.29 is 9.13 Å². The highest BCUT2D eigenvalue weighted by molar-refractivity contribution is 7.18. The van der Waals surface area contributed by atoms with Crippen molar-refractivity contribution in [3.05, 3.63) is 23.0 Å². The number of hydrogen-bond acceptors (Lipinski definition) is 4. The van der Waals surface area contributed by atoms with Gasteiger partial charge in [-0.25, -0.2) is 9.37 Å². The summed E-state index contributed by atoms with van der Waals surface area (Å²) in [6.45, 7) is 3.75. The Balaban J connectivity index is 2.63. The molecule has 0 radical (unpaired) electrons. The van der Waals surface area contributed by atoms with Gasteiger partial charge < -0.3 is 10.5 Å². The Labute approximate surface area is 97.1 Å². The van der Waals surface area contributed by atoms with Crippen LogP contribution in [0.4, 0.5) is 4.39 Å². The van der Waals surface area contributed by atoms with E-state index in [4.69, 9.17) is 10.5 Å². The molecule has 3 nitrogen and oxygen atoms in total. The van der Waals surface area contributed by atoms with Crippen LogP contribution in [-0.2, 0) is 5.54 Å². The van der Waals surface area contributed by atoms with E-state index in [0.717, 1.165) is 9.71 Å². The maximum absolute atomic E-state index is 13.4. The van der Waals surface area contributed by atoms with E-state index >= 15 is 0 Å². The summed E-state index contributed by atoms with van der Waals surface area (Å²) in [6, 6.07) is 3.03. The Kier molecular flexibility index (Phi) is 2.59. The smallest absolute Gasteiger partial charge is 0.167 e. The minimum atomic E-state index is -0.507. The molecule has 0 aliphatic carbocycles. The lowest BCUT2D eigenvalue weighted by Crippen LogP contribution is -2.28. The monoisotopic (exact) mass is 240 g/mol. The van der Waals surface area contributed by atoms with Crippen molar-refractivity contribution in [2.45, 2.75) is 19.4 Å². The Bertz CT molecular complexity index is 530. The maximum atomic E-state index is 13.4. The molecule has 0 amide bonds. The Morgan fingerprint density at radius 2 is 2.12 bits per heavy atom. The Hall–Kier alpha value is -1.20. The molecule has 2 rings (SSSR count). The lowest BCUT2D eigenvalue weighted by molar-refractivity contribution is 0.387. The van der Waals surface area contributed by atoms with Crippen LogP contribution in [0.1, 0.15) is 18.9 Å². The van der Waals surface area contributed by atoms with Crippen LogP contribution in [0, 0.1) is 5.82 Å². The molecule has 16 heavy (non-hydrogen) atoms. The molecule has 0 saturated carbocycles. The fourth-order valence-electron chi connectivity index (χ4n) is 1.36. The third kappa shape index (κ3) is 1.88. The van der Waals surface area contributed by atoms with Crippen molar-refractivity contribution in [2.24, 2.45) is 5.73 Å². The number of ether oxygens (including phenoxy) is 1. The first-order valence-electron chi connectivity index (χ1n) is 4.85. The third-order valence-corrected chi connectivity index (χ3v) is 3.57. The molecule has 0 atom stereocenters. The number of aromatic nitrogens is 1. The van der Waals surface area contributed by atoms with Crippen LogP contribution in [0.2, 0.25) is 0 Å². The van der Waals surface area contributed by atoms with Crippen molar-refractivity contribution in [1.82, 2.24) is 4.98 Å². The third-order valence-electron chi connectivity index (χ3n) is 2.21. The van der Waals surface area contributed by atoms with Crippen LogP contribution in [0.3, 0.4) is 0 Å². The van der Waals surface area contributed by atoms with Gasteiger partial charge in [-0.15, -0.1) is 11.3 Å². The largest absolute Gasteiger partial charge is 0.494 e. The predicted octanol–water partition coefficient (Wildman–Crippen LogP) is 2.64. The number of thiazole rings is 1. The highest BCUT2D eigenvalue weighted by Crippen LogP contribution is 2.32. The molecule has 0 spiro atoms. The lowest BCUT2D eigenvalue weighted by atomic mass is 10.1. The summed E-state index contributed by atoms with van der Waals surface area (Å²) in [4.78, 5) is 4.32. The van der Waals surface area contributed by atoms with Gasteiger partial charge in [-0.05, 0) is 13.8 Å².